The summed E-state index contributed by atoms with van der Waals surface area (Å²) in [7, 11) is -3.59. The highest BCUT2D eigenvalue weighted by molar-refractivity contribution is 7.91. The lowest BCUT2D eigenvalue weighted by atomic mass is 10.1. The minimum atomic E-state index is -3.59. The molecule has 134 valence electrons. The van der Waals surface area contributed by atoms with E-state index in [0.29, 0.717) is 9.90 Å². The minimum Gasteiger partial charge on any atom is -0.340 e. The fourth-order valence-corrected chi connectivity index (χ4v) is 5.72. The van der Waals surface area contributed by atoms with E-state index in [4.69, 9.17) is 11.6 Å². The lowest BCUT2D eigenvalue weighted by Gasteiger charge is -2.33. The number of rotatable bonds is 4. The Balaban J connectivity index is 1.62. The predicted molar refractivity (Wildman–Crippen MR) is 94.8 cm³/mol. The molecule has 3 rings (SSSR count). The fraction of sp³-hybridized carbons (Fsp3) is 0.312. The molecule has 1 saturated heterocycles. The number of hydrogen-bond donors (Lipinski definition) is 0. The van der Waals surface area contributed by atoms with Gasteiger partial charge >= 0.3 is 0 Å². The van der Waals surface area contributed by atoms with Crippen LogP contribution in [0, 0.1) is 5.82 Å². The van der Waals surface area contributed by atoms with Crippen LogP contribution in [0.2, 0.25) is 4.34 Å². The average molecular weight is 403 g/mol. The number of amides is 1. The van der Waals surface area contributed by atoms with Crippen LogP contribution < -0.4 is 0 Å². The maximum atomic E-state index is 13.7. The Morgan fingerprint density at radius 3 is 2.40 bits per heavy atom. The molecule has 0 spiro atoms. The van der Waals surface area contributed by atoms with E-state index in [1.54, 1.807) is 29.2 Å². The van der Waals surface area contributed by atoms with Crippen LogP contribution in [-0.2, 0) is 21.2 Å². The Hall–Kier alpha value is -1.48. The van der Waals surface area contributed by atoms with E-state index in [9.17, 15) is 17.6 Å². The van der Waals surface area contributed by atoms with Crippen LogP contribution in [0.15, 0.2) is 40.6 Å². The standard InChI is InChI=1S/C16H16ClFN2O3S2/c17-14-5-6-16(24-14)25(22,23)20-9-7-19(8-10-20)15(21)11-12-3-1-2-4-13(12)18/h1-6H,7-11H2. The second-order valence-electron chi connectivity index (χ2n) is 5.61. The number of thiophene rings is 1. The van der Waals surface area contributed by atoms with Gasteiger partial charge in [0.05, 0.1) is 10.8 Å². The van der Waals surface area contributed by atoms with Gasteiger partial charge in [-0.3, -0.25) is 4.79 Å². The van der Waals surface area contributed by atoms with Crippen LogP contribution in [-0.4, -0.2) is 49.7 Å². The normalized spacial score (nSPS) is 16.2. The molecule has 2 heterocycles. The molecule has 1 amide bonds. The van der Waals surface area contributed by atoms with Gasteiger partial charge in [-0.05, 0) is 23.8 Å². The van der Waals surface area contributed by atoms with Crippen LogP contribution in [0.25, 0.3) is 0 Å². The molecule has 0 saturated carbocycles. The SMILES string of the molecule is O=C(Cc1ccccc1F)N1CCN(S(=O)(=O)c2ccc(Cl)s2)CC1. The molecular weight excluding hydrogens is 387 g/mol. The first-order valence-electron chi connectivity index (χ1n) is 7.64. The molecule has 0 N–H and O–H groups in total. The van der Waals surface area contributed by atoms with Crippen molar-refractivity contribution in [3.05, 3.63) is 52.1 Å². The van der Waals surface area contributed by atoms with Crippen LogP contribution in [0.4, 0.5) is 4.39 Å². The molecule has 0 unspecified atom stereocenters. The van der Waals surface area contributed by atoms with Crippen molar-refractivity contribution in [2.24, 2.45) is 0 Å². The Kier molecular flexibility index (Phi) is 5.43. The number of hydrogen-bond acceptors (Lipinski definition) is 4. The summed E-state index contributed by atoms with van der Waals surface area (Å²) in [5.74, 6) is -0.618. The number of sulfonamides is 1. The quantitative estimate of drug-likeness (QED) is 0.789. The first kappa shape index (κ1) is 18.3. The van der Waals surface area contributed by atoms with E-state index < -0.39 is 15.8 Å². The second-order valence-corrected chi connectivity index (χ2v) is 9.49. The summed E-state index contributed by atoms with van der Waals surface area (Å²) < 4.78 is 40.7. The zero-order valence-corrected chi connectivity index (χ0v) is 15.6. The molecule has 1 aliphatic heterocycles. The summed E-state index contributed by atoms with van der Waals surface area (Å²) in [6.45, 7) is 0.985. The molecule has 25 heavy (non-hydrogen) atoms. The number of benzene rings is 1. The Labute approximate surface area is 154 Å². The van der Waals surface area contributed by atoms with Gasteiger partial charge in [0.2, 0.25) is 5.91 Å². The van der Waals surface area contributed by atoms with Crippen molar-refractivity contribution in [2.75, 3.05) is 26.2 Å². The predicted octanol–water partition coefficient (Wildman–Crippen LogP) is 2.62. The fourth-order valence-electron chi connectivity index (χ4n) is 2.66. The first-order valence-corrected chi connectivity index (χ1v) is 10.3. The first-order chi connectivity index (χ1) is 11.9. The van der Waals surface area contributed by atoms with E-state index in [1.807, 2.05) is 0 Å². The molecule has 0 bridgehead atoms. The van der Waals surface area contributed by atoms with E-state index >= 15 is 0 Å². The Morgan fingerprint density at radius 2 is 1.80 bits per heavy atom. The smallest absolute Gasteiger partial charge is 0.252 e. The monoisotopic (exact) mass is 402 g/mol. The molecule has 9 heteroatoms. The Bertz CT molecular complexity index is 877. The van der Waals surface area contributed by atoms with Crippen molar-refractivity contribution in [1.29, 1.82) is 0 Å². The molecule has 1 fully saturated rings. The molecule has 0 radical (unpaired) electrons. The highest BCUT2D eigenvalue weighted by Crippen LogP contribution is 2.28. The summed E-state index contributed by atoms with van der Waals surface area (Å²) in [6, 6.07) is 9.19. The maximum absolute atomic E-state index is 13.7. The van der Waals surface area contributed by atoms with E-state index in [1.165, 1.54) is 16.4 Å². The molecule has 0 aliphatic carbocycles. The summed E-state index contributed by atoms with van der Waals surface area (Å²) >= 11 is 6.82. The van der Waals surface area contributed by atoms with Gasteiger partial charge in [0.25, 0.3) is 10.0 Å². The van der Waals surface area contributed by atoms with Crippen molar-refractivity contribution in [3.63, 3.8) is 0 Å². The molecule has 1 aromatic heterocycles. The molecule has 1 aromatic carbocycles. The van der Waals surface area contributed by atoms with Crippen LogP contribution >= 0.6 is 22.9 Å². The third-order valence-electron chi connectivity index (χ3n) is 4.03. The van der Waals surface area contributed by atoms with E-state index in [-0.39, 0.29) is 42.7 Å². The number of piperazine rings is 1. The van der Waals surface area contributed by atoms with Crippen molar-refractivity contribution in [1.82, 2.24) is 9.21 Å². The number of halogens is 2. The highest BCUT2D eigenvalue weighted by Gasteiger charge is 2.31. The van der Waals surface area contributed by atoms with Crippen LogP contribution in [0.3, 0.4) is 0 Å². The zero-order valence-electron chi connectivity index (χ0n) is 13.2. The van der Waals surface area contributed by atoms with Gasteiger partial charge in [-0.2, -0.15) is 4.31 Å². The minimum absolute atomic E-state index is 0.0278. The van der Waals surface area contributed by atoms with Gasteiger partial charge in [0.1, 0.15) is 10.0 Å². The second kappa shape index (κ2) is 7.41. The highest BCUT2D eigenvalue weighted by atomic mass is 35.5. The van der Waals surface area contributed by atoms with Gasteiger partial charge in [0, 0.05) is 26.2 Å². The van der Waals surface area contributed by atoms with Gasteiger partial charge in [-0.25, -0.2) is 12.8 Å². The maximum Gasteiger partial charge on any atom is 0.252 e. The zero-order chi connectivity index (χ0) is 18.0. The van der Waals surface area contributed by atoms with Gasteiger partial charge in [-0.15, -0.1) is 11.3 Å². The molecular formula is C16H16ClFN2O3S2. The topological polar surface area (TPSA) is 57.7 Å². The lowest BCUT2D eigenvalue weighted by Crippen LogP contribution is -2.50. The third kappa shape index (κ3) is 4.03. The lowest BCUT2D eigenvalue weighted by molar-refractivity contribution is -0.131. The number of nitrogens with zero attached hydrogens (tertiary/aromatic N) is 2. The van der Waals surface area contributed by atoms with E-state index in [2.05, 4.69) is 0 Å². The van der Waals surface area contributed by atoms with Crippen molar-refractivity contribution in [2.45, 2.75) is 10.6 Å². The summed E-state index contributed by atoms with van der Waals surface area (Å²) in [6.07, 6.45) is -0.0278. The van der Waals surface area contributed by atoms with Crippen molar-refractivity contribution < 1.29 is 17.6 Å². The molecule has 0 atom stereocenters. The summed E-state index contributed by atoms with van der Waals surface area (Å²) in [4.78, 5) is 13.9. The van der Waals surface area contributed by atoms with Gasteiger partial charge < -0.3 is 4.90 Å². The van der Waals surface area contributed by atoms with Crippen molar-refractivity contribution in [3.8, 4) is 0 Å². The molecule has 5 nitrogen and oxygen atoms in total. The third-order valence-corrected chi connectivity index (χ3v) is 7.63. The summed E-state index contributed by atoms with van der Waals surface area (Å²) in [5.41, 5.74) is 0.343. The molecule has 1 aliphatic rings. The average Bonchev–Trinajstić information content (AvgIpc) is 3.04. The van der Waals surface area contributed by atoms with Gasteiger partial charge in [-0.1, -0.05) is 29.8 Å². The molecule has 2 aromatic rings. The van der Waals surface area contributed by atoms with Crippen LogP contribution in [0.1, 0.15) is 5.56 Å². The van der Waals surface area contributed by atoms with Crippen molar-refractivity contribution >= 4 is 38.9 Å². The van der Waals surface area contributed by atoms with E-state index in [0.717, 1.165) is 11.3 Å². The largest absolute Gasteiger partial charge is 0.340 e. The summed E-state index contributed by atoms with van der Waals surface area (Å²) in [5, 5.41) is 0. The van der Waals surface area contributed by atoms with Crippen LogP contribution in [0.5, 0.6) is 0 Å². The Morgan fingerprint density at radius 1 is 1.12 bits per heavy atom. The number of carbonyl (C=O) groups is 1. The number of carbonyl (C=O) groups excluding carboxylic acids is 1. The van der Waals surface area contributed by atoms with Gasteiger partial charge in [0.15, 0.2) is 0 Å².